The van der Waals surface area contributed by atoms with Gasteiger partial charge in [0.25, 0.3) is 0 Å². The molecule has 2 rings (SSSR count). The van der Waals surface area contributed by atoms with Crippen molar-refractivity contribution in [3.8, 4) is 0 Å². The van der Waals surface area contributed by atoms with E-state index in [0.29, 0.717) is 10.8 Å². The van der Waals surface area contributed by atoms with Crippen LogP contribution in [0.2, 0.25) is 0 Å². The summed E-state index contributed by atoms with van der Waals surface area (Å²) in [5.41, 5.74) is 1.04. The Morgan fingerprint density at radius 3 is 1.62 bits per heavy atom. The first-order chi connectivity index (χ1) is 7.62. The highest BCUT2D eigenvalue weighted by molar-refractivity contribution is 5.24. The lowest BCUT2D eigenvalue weighted by atomic mass is 9.74. The van der Waals surface area contributed by atoms with E-state index in [1.54, 1.807) is 0 Å². The average molecular weight is 218 g/mol. The van der Waals surface area contributed by atoms with Gasteiger partial charge in [-0.25, -0.2) is 0 Å². The Balaban J connectivity index is 1.95. The van der Waals surface area contributed by atoms with Crippen molar-refractivity contribution in [2.45, 2.75) is 65.2 Å². The van der Waals surface area contributed by atoms with Gasteiger partial charge < -0.3 is 0 Å². The predicted molar refractivity (Wildman–Crippen MR) is 71.4 cm³/mol. The van der Waals surface area contributed by atoms with Gasteiger partial charge in [-0.1, -0.05) is 63.8 Å². The van der Waals surface area contributed by atoms with Crippen LogP contribution in [-0.4, -0.2) is 0 Å². The molecular weight excluding hydrogens is 192 g/mol. The summed E-state index contributed by atoms with van der Waals surface area (Å²) in [6.07, 6.45) is 20.6. The van der Waals surface area contributed by atoms with Crippen LogP contribution in [0, 0.1) is 10.8 Å². The largest absolute Gasteiger partial charge is 0.0745 e. The van der Waals surface area contributed by atoms with Crippen LogP contribution in [0.15, 0.2) is 24.3 Å². The van der Waals surface area contributed by atoms with Crippen LogP contribution in [0.25, 0.3) is 0 Å². The molecule has 16 heavy (non-hydrogen) atoms. The normalized spacial score (nSPS) is 28.4. The van der Waals surface area contributed by atoms with E-state index in [1.807, 2.05) is 0 Å². The van der Waals surface area contributed by atoms with Gasteiger partial charge in [-0.15, -0.1) is 0 Å². The molecule has 0 heterocycles. The Kier molecular flexibility index (Phi) is 3.56. The summed E-state index contributed by atoms with van der Waals surface area (Å²) in [5.74, 6) is 0. The molecule has 1 saturated carbocycles. The molecule has 0 unspecified atom stereocenters. The molecule has 0 aromatic heterocycles. The summed E-state index contributed by atoms with van der Waals surface area (Å²) in [4.78, 5) is 0. The van der Waals surface area contributed by atoms with Crippen molar-refractivity contribution in [3.05, 3.63) is 24.3 Å². The number of allylic oxidation sites excluding steroid dienone is 4. The first-order valence-corrected chi connectivity index (χ1v) is 6.99. The van der Waals surface area contributed by atoms with Crippen LogP contribution in [0.1, 0.15) is 65.2 Å². The molecule has 1 spiro atoms. The first-order valence-electron chi connectivity index (χ1n) is 6.99. The van der Waals surface area contributed by atoms with Crippen molar-refractivity contribution in [2.75, 3.05) is 0 Å². The quantitative estimate of drug-likeness (QED) is 0.520. The van der Waals surface area contributed by atoms with Crippen LogP contribution in [0.5, 0.6) is 0 Å². The van der Waals surface area contributed by atoms with Crippen LogP contribution in [-0.2, 0) is 0 Å². The Hall–Kier alpha value is -0.520. The smallest absolute Gasteiger partial charge is 0.00671 e. The summed E-state index contributed by atoms with van der Waals surface area (Å²) in [6, 6.07) is 0. The van der Waals surface area contributed by atoms with Crippen LogP contribution in [0.4, 0.5) is 0 Å². The lowest BCUT2D eigenvalue weighted by molar-refractivity contribution is 0.253. The second kappa shape index (κ2) is 4.77. The maximum atomic E-state index is 2.44. The highest BCUT2D eigenvalue weighted by atomic mass is 14.3. The Bertz CT molecular complexity index is 252. The summed E-state index contributed by atoms with van der Waals surface area (Å²) in [6.45, 7) is 4.89. The number of hydrogen-bond acceptors (Lipinski definition) is 0. The minimum atomic E-state index is 0.446. The van der Waals surface area contributed by atoms with E-state index in [2.05, 4.69) is 38.2 Å². The molecule has 0 nitrogen and oxygen atoms in total. The van der Waals surface area contributed by atoms with Gasteiger partial charge in [0.2, 0.25) is 0 Å². The third kappa shape index (κ3) is 2.99. The Labute approximate surface area is 101 Å². The third-order valence-electron chi connectivity index (χ3n) is 4.46. The number of hydrogen-bond donors (Lipinski definition) is 0. The van der Waals surface area contributed by atoms with Gasteiger partial charge >= 0.3 is 0 Å². The zero-order valence-electron chi connectivity index (χ0n) is 11.0. The SMILES string of the molecule is CC1(C)CCCCC2(C=CC=C2)CCCC1. The lowest BCUT2D eigenvalue weighted by Gasteiger charge is -2.31. The van der Waals surface area contributed by atoms with Gasteiger partial charge in [-0.05, 0) is 31.1 Å². The van der Waals surface area contributed by atoms with E-state index < -0.39 is 0 Å². The standard InChI is InChI=1S/C16H26/c1-15(2)9-3-5-11-16(12-6-4-10-15)13-7-8-14-16/h7-8,13-14H,3-6,9-12H2,1-2H3. The molecular formula is C16H26. The molecule has 0 N–H and O–H groups in total. The molecule has 1 fully saturated rings. The Morgan fingerprint density at radius 1 is 0.688 bits per heavy atom. The zero-order valence-corrected chi connectivity index (χ0v) is 11.0. The molecule has 90 valence electrons. The van der Waals surface area contributed by atoms with Gasteiger partial charge in [0.05, 0.1) is 0 Å². The van der Waals surface area contributed by atoms with E-state index >= 15 is 0 Å². The molecule has 0 radical (unpaired) electrons. The first kappa shape index (κ1) is 12.0. The van der Waals surface area contributed by atoms with Crippen LogP contribution < -0.4 is 0 Å². The van der Waals surface area contributed by atoms with Crippen molar-refractivity contribution in [3.63, 3.8) is 0 Å². The minimum Gasteiger partial charge on any atom is -0.0745 e. The molecule has 0 aromatic carbocycles. The molecule has 0 aliphatic heterocycles. The second-order valence-electron chi connectivity index (χ2n) is 6.53. The molecule has 2 aliphatic carbocycles. The van der Waals surface area contributed by atoms with Gasteiger partial charge in [-0.3, -0.25) is 0 Å². The highest BCUT2D eigenvalue weighted by Gasteiger charge is 2.27. The van der Waals surface area contributed by atoms with E-state index in [4.69, 9.17) is 0 Å². The van der Waals surface area contributed by atoms with Gasteiger partial charge in [-0.2, -0.15) is 0 Å². The maximum Gasteiger partial charge on any atom is 0.00671 e. The van der Waals surface area contributed by atoms with Gasteiger partial charge in [0.1, 0.15) is 0 Å². The topological polar surface area (TPSA) is 0 Å². The fourth-order valence-corrected chi connectivity index (χ4v) is 3.25. The molecule has 2 aliphatic rings. The fourth-order valence-electron chi connectivity index (χ4n) is 3.25. The van der Waals surface area contributed by atoms with E-state index in [0.717, 1.165) is 0 Å². The summed E-state index contributed by atoms with van der Waals surface area (Å²) < 4.78 is 0. The Morgan fingerprint density at radius 2 is 1.12 bits per heavy atom. The maximum absolute atomic E-state index is 2.44. The van der Waals surface area contributed by atoms with Crippen molar-refractivity contribution in [2.24, 2.45) is 10.8 Å². The second-order valence-corrected chi connectivity index (χ2v) is 6.53. The third-order valence-corrected chi connectivity index (χ3v) is 4.46. The van der Waals surface area contributed by atoms with Crippen LogP contribution in [0.3, 0.4) is 0 Å². The summed E-state index contributed by atoms with van der Waals surface area (Å²) in [5, 5.41) is 0. The average Bonchev–Trinajstić information content (AvgIpc) is 2.69. The molecule has 0 heteroatoms. The van der Waals surface area contributed by atoms with Crippen molar-refractivity contribution in [1.29, 1.82) is 0 Å². The lowest BCUT2D eigenvalue weighted by Crippen LogP contribution is -2.17. The monoisotopic (exact) mass is 218 g/mol. The van der Waals surface area contributed by atoms with E-state index in [-0.39, 0.29) is 0 Å². The minimum absolute atomic E-state index is 0.446. The number of rotatable bonds is 0. The van der Waals surface area contributed by atoms with E-state index in [9.17, 15) is 0 Å². The zero-order chi connectivity index (χ0) is 11.5. The van der Waals surface area contributed by atoms with Crippen LogP contribution >= 0.6 is 0 Å². The molecule has 0 amide bonds. The molecule has 0 aromatic rings. The molecule has 0 saturated heterocycles. The van der Waals surface area contributed by atoms with Gasteiger partial charge in [0, 0.05) is 5.41 Å². The van der Waals surface area contributed by atoms with Crippen molar-refractivity contribution < 1.29 is 0 Å². The summed E-state index contributed by atoms with van der Waals surface area (Å²) in [7, 11) is 0. The van der Waals surface area contributed by atoms with Crippen molar-refractivity contribution >= 4 is 0 Å². The van der Waals surface area contributed by atoms with Gasteiger partial charge in [0.15, 0.2) is 0 Å². The predicted octanol–water partition coefficient (Wildman–Crippen LogP) is 5.26. The van der Waals surface area contributed by atoms with Crippen molar-refractivity contribution in [1.82, 2.24) is 0 Å². The molecule has 0 bridgehead atoms. The molecule has 0 atom stereocenters. The van der Waals surface area contributed by atoms with E-state index in [1.165, 1.54) is 51.4 Å². The summed E-state index contributed by atoms with van der Waals surface area (Å²) >= 11 is 0. The highest BCUT2D eigenvalue weighted by Crippen LogP contribution is 2.41. The fraction of sp³-hybridized carbons (Fsp3) is 0.750.